The Labute approximate surface area is 166 Å². The van der Waals surface area contributed by atoms with Crippen molar-refractivity contribution in [2.75, 3.05) is 18.5 Å². The number of fused-ring (bicyclic) bond motifs is 1. The van der Waals surface area contributed by atoms with Crippen LogP contribution >= 0.6 is 11.3 Å². The van der Waals surface area contributed by atoms with Crippen LogP contribution in [-0.4, -0.2) is 25.0 Å². The Hall–Kier alpha value is -2.32. The average molecular weight is 408 g/mol. The van der Waals surface area contributed by atoms with E-state index in [0.717, 1.165) is 41.8 Å². The van der Waals surface area contributed by atoms with Gasteiger partial charge in [0.15, 0.2) is 11.6 Å². The van der Waals surface area contributed by atoms with Crippen LogP contribution in [0.5, 0.6) is 0 Å². The summed E-state index contributed by atoms with van der Waals surface area (Å²) in [6.07, 6.45) is 2.70. The maximum Gasteiger partial charge on any atom is 0.341 e. The van der Waals surface area contributed by atoms with Gasteiger partial charge in [-0.15, -0.1) is 11.3 Å². The molecule has 0 fully saturated rings. The molecular weight excluding hydrogens is 386 g/mol. The summed E-state index contributed by atoms with van der Waals surface area (Å²) in [5, 5.41) is 6.27. The molecule has 1 heterocycles. The first-order valence-corrected chi connectivity index (χ1v) is 10.0. The summed E-state index contributed by atoms with van der Waals surface area (Å²) < 4.78 is 31.6. The summed E-state index contributed by atoms with van der Waals surface area (Å²) in [5.41, 5.74) is 1.97. The molecule has 0 unspecified atom stereocenters. The number of carbonyl (C=O) groups is 2. The molecule has 0 aliphatic heterocycles. The highest BCUT2D eigenvalue weighted by Gasteiger charge is 2.28. The number of ether oxygens (including phenoxy) is 1. The number of esters is 1. The molecular formula is C20H22F2N2O3S. The second kappa shape index (κ2) is 8.79. The second-order valence-corrected chi connectivity index (χ2v) is 7.71. The molecule has 28 heavy (non-hydrogen) atoms. The lowest BCUT2D eigenvalue weighted by Gasteiger charge is -2.14. The van der Waals surface area contributed by atoms with Crippen LogP contribution in [0, 0.1) is 11.6 Å². The minimum absolute atomic E-state index is 0.0367. The largest absolute Gasteiger partial charge is 0.462 e. The molecule has 1 atom stereocenters. The van der Waals surface area contributed by atoms with E-state index in [1.807, 2.05) is 0 Å². The first-order valence-electron chi connectivity index (χ1n) is 9.20. The van der Waals surface area contributed by atoms with Gasteiger partial charge >= 0.3 is 5.97 Å². The molecule has 1 aromatic carbocycles. The van der Waals surface area contributed by atoms with E-state index in [-0.39, 0.29) is 25.1 Å². The van der Waals surface area contributed by atoms with Crippen LogP contribution in [0.1, 0.15) is 52.7 Å². The Kier molecular flexibility index (Phi) is 6.41. The van der Waals surface area contributed by atoms with Crippen molar-refractivity contribution in [3.05, 3.63) is 51.4 Å². The molecule has 0 spiro atoms. The third-order valence-electron chi connectivity index (χ3n) is 4.67. The van der Waals surface area contributed by atoms with Gasteiger partial charge in [0, 0.05) is 10.9 Å². The number of nitrogens with one attached hydrogen (secondary N) is 2. The SMILES string of the molecule is CCOC(=O)c1c(NC(=O)CN[C@H](C)c2ccc(F)c(F)c2)sc2c1CCC2. The molecule has 0 saturated carbocycles. The fourth-order valence-electron chi connectivity index (χ4n) is 3.23. The van der Waals surface area contributed by atoms with Crippen LogP contribution < -0.4 is 10.6 Å². The Morgan fingerprint density at radius 1 is 1.25 bits per heavy atom. The van der Waals surface area contributed by atoms with E-state index in [9.17, 15) is 18.4 Å². The molecule has 8 heteroatoms. The number of rotatable bonds is 7. The molecule has 1 amide bonds. The van der Waals surface area contributed by atoms with Crippen molar-refractivity contribution < 1.29 is 23.1 Å². The summed E-state index contributed by atoms with van der Waals surface area (Å²) in [4.78, 5) is 25.8. The number of hydrogen-bond acceptors (Lipinski definition) is 5. The van der Waals surface area contributed by atoms with Gasteiger partial charge in [-0.3, -0.25) is 4.79 Å². The maximum atomic E-state index is 13.4. The number of anilines is 1. The lowest BCUT2D eigenvalue weighted by Crippen LogP contribution is -2.30. The van der Waals surface area contributed by atoms with Gasteiger partial charge < -0.3 is 15.4 Å². The highest BCUT2D eigenvalue weighted by molar-refractivity contribution is 7.17. The zero-order valence-corrected chi connectivity index (χ0v) is 16.6. The zero-order valence-electron chi connectivity index (χ0n) is 15.7. The molecule has 0 saturated heterocycles. The summed E-state index contributed by atoms with van der Waals surface area (Å²) in [6.45, 7) is 3.73. The highest BCUT2D eigenvalue weighted by atomic mass is 32.1. The van der Waals surface area contributed by atoms with Gasteiger partial charge in [-0.05, 0) is 56.4 Å². The monoisotopic (exact) mass is 408 g/mol. The van der Waals surface area contributed by atoms with E-state index < -0.39 is 17.6 Å². The molecule has 1 aliphatic rings. The highest BCUT2D eigenvalue weighted by Crippen LogP contribution is 2.39. The average Bonchev–Trinajstić information content (AvgIpc) is 3.22. The van der Waals surface area contributed by atoms with Crippen LogP contribution in [0.15, 0.2) is 18.2 Å². The number of hydrogen-bond donors (Lipinski definition) is 2. The van der Waals surface area contributed by atoms with Crippen molar-refractivity contribution in [2.45, 2.75) is 39.2 Å². The molecule has 2 N–H and O–H groups in total. The van der Waals surface area contributed by atoms with Crippen molar-refractivity contribution >= 4 is 28.2 Å². The molecule has 1 aromatic heterocycles. The number of carbonyl (C=O) groups excluding carboxylic acids is 2. The van der Waals surface area contributed by atoms with E-state index >= 15 is 0 Å². The lowest BCUT2D eigenvalue weighted by molar-refractivity contribution is -0.115. The number of halogens is 2. The molecule has 0 radical (unpaired) electrons. The first kappa shape index (κ1) is 20.4. The van der Waals surface area contributed by atoms with E-state index in [1.54, 1.807) is 13.8 Å². The van der Waals surface area contributed by atoms with Gasteiger partial charge in [-0.1, -0.05) is 6.07 Å². The topological polar surface area (TPSA) is 67.4 Å². The van der Waals surface area contributed by atoms with E-state index in [4.69, 9.17) is 4.74 Å². The second-order valence-electron chi connectivity index (χ2n) is 6.61. The van der Waals surface area contributed by atoms with Crippen molar-refractivity contribution in [1.29, 1.82) is 0 Å². The van der Waals surface area contributed by atoms with Crippen LogP contribution in [-0.2, 0) is 22.4 Å². The van der Waals surface area contributed by atoms with E-state index in [2.05, 4.69) is 10.6 Å². The number of benzene rings is 1. The van der Waals surface area contributed by atoms with Crippen molar-refractivity contribution in [3.63, 3.8) is 0 Å². The number of aryl methyl sites for hydroxylation is 1. The Morgan fingerprint density at radius 3 is 2.75 bits per heavy atom. The molecule has 3 rings (SSSR count). The minimum atomic E-state index is -0.928. The molecule has 0 bridgehead atoms. The predicted molar refractivity (Wildman–Crippen MR) is 104 cm³/mol. The zero-order chi connectivity index (χ0) is 20.3. The van der Waals surface area contributed by atoms with Crippen molar-refractivity contribution in [1.82, 2.24) is 5.32 Å². The summed E-state index contributed by atoms with van der Waals surface area (Å²) in [7, 11) is 0. The molecule has 1 aliphatic carbocycles. The van der Waals surface area contributed by atoms with Gasteiger partial charge in [0.2, 0.25) is 5.91 Å². The summed E-state index contributed by atoms with van der Waals surface area (Å²) >= 11 is 1.41. The van der Waals surface area contributed by atoms with Gasteiger partial charge in [-0.2, -0.15) is 0 Å². The fourth-order valence-corrected chi connectivity index (χ4v) is 4.52. The number of amides is 1. The lowest BCUT2D eigenvalue weighted by atomic mass is 10.1. The third kappa shape index (κ3) is 4.39. The standard InChI is InChI=1S/C20H22F2N2O3S/c1-3-27-20(26)18-13-5-4-6-16(13)28-19(18)24-17(25)10-23-11(2)12-7-8-14(21)15(22)9-12/h7-9,11,23H,3-6,10H2,1-2H3,(H,24,25)/t11-/m1/s1. The minimum Gasteiger partial charge on any atom is -0.462 e. The van der Waals surface area contributed by atoms with Gasteiger partial charge in [-0.25, -0.2) is 13.6 Å². The molecule has 2 aromatic rings. The van der Waals surface area contributed by atoms with Gasteiger partial charge in [0.25, 0.3) is 0 Å². The maximum absolute atomic E-state index is 13.4. The normalized spacial score (nSPS) is 13.9. The smallest absolute Gasteiger partial charge is 0.341 e. The van der Waals surface area contributed by atoms with Crippen molar-refractivity contribution in [3.8, 4) is 0 Å². The van der Waals surface area contributed by atoms with Crippen molar-refractivity contribution in [2.24, 2.45) is 0 Å². The van der Waals surface area contributed by atoms with Crippen LogP contribution in [0.2, 0.25) is 0 Å². The van der Waals surface area contributed by atoms with Crippen LogP contribution in [0.3, 0.4) is 0 Å². The number of thiophene rings is 1. The predicted octanol–water partition coefficient (Wildman–Crippen LogP) is 3.98. The third-order valence-corrected chi connectivity index (χ3v) is 5.87. The fraction of sp³-hybridized carbons (Fsp3) is 0.400. The van der Waals surface area contributed by atoms with Gasteiger partial charge in [0.05, 0.1) is 18.7 Å². The van der Waals surface area contributed by atoms with Crippen LogP contribution in [0.4, 0.5) is 13.8 Å². The molecule has 150 valence electrons. The first-order chi connectivity index (χ1) is 13.4. The Bertz CT molecular complexity index is 898. The van der Waals surface area contributed by atoms with E-state index in [1.165, 1.54) is 17.4 Å². The van der Waals surface area contributed by atoms with Gasteiger partial charge in [0.1, 0.15) is 5.00 Å². The summed E-state index contributed by atoms with van der Waals surface area (Å²) in [5.74, 6) is -2.58. The van der Waals surface area contributed by atoms with E-state index in [0.29, 0.717) is 16.1 Å². The van der Waals surface area contributed by atoms with Crippen LogP contribution in [0.25, 0.3) is 0 Å². The quantitative estimate of drug-likeness (QED) is 0.680. The summed E-state index contributed by atoms with van der Waals surface area (Å²) in [6, 6.07) is 3.28. The Balaban J connectivity index is 1.65. The Morgan fingerprint density at radius 2 is 2.04 bits per heavy atom. The molecule has 5 nitrogen and oxygen atoms in total.